The summed E-state index contributed by atoms with van der Waals surface area (Å²) in [4.78, 5) is 14.4. The minimum atomic E-state index is -0.156. The zero-order valence-corrected chi connectivity index (χ0v) is 20.0. The van der Waals surface area contributed by atoms with E-state index in [0.717, 1.165) is 16.9 Å². The van der Waals surface area contributed by atoms with E-state index in [2.05, 4.69) is 0 Å². The predicted molar refractivity (Wildman–Crippen MR) is 126 cm³/mol. The van der Waals surface area contributed by atoms with Crippen molar-refractivity contribution >= 4 is 17.5 Å². The Morgan fingerprint density at radius 3 is 2.36 bits per heavy atom. The molecule has 33 heavy (non-hydrogen) atoms. The van der Waals surface area contributed by atoms with Crippen LogP contribution in [0.3, 0.4) is 0 Å². The molecule has 0 aliphatic heterocycles. The molecule has 176 valence electrons. The van der Waals surface area contributed by atoms with Crippen LogP contribution >= 0.6 is 11.6 Å². The van der Waals surface area contributed by atoms with Crippen LogP contribution in [0.25, 0.3) is 5.69 Å². The number of amides is 1. The van der Waals surface area contributed by atoms with Gasteiger partial charge in [-0.15, -0.1) is 0 Å². The molecule has 0 saturated carbocycles. The Morgan fingerprint density at radius 1 is 1.03 bits per heavy atom. The molecule has 1 amide bonds. The van der Waals surface area contributed by atoms with E-state index < -0.39 is 0 Å². The monoisotopic (exact) mass is 473 g/mol. The summed E-state index contributed by atoms with van der Waals surface area (Å²) in [6.07, 6.45) is 0. The maximum Gasteiger partial charge on any atom is 0.248 e. The number of hydrogen-bond donors (Lipinski definition) is 0. The lowest BCUT2D eigenvalue weighted by atomic mass is 10.2. The molecule has 0 atom stereocenters. The van der Waals surface area contributed by atoms with Crippen molar-refractivity contribution in [3.05, 3.63) is 64.8 Å². The number of carbonyl (C=O) groups excluding carboxylic acids is 1. The average Bonchev–Trinajstić information content (AvgIpc) is 3.12. The van der Waals surface area contributed by atoms with Crippen LogP contribution in [0.15, 0.2) is 48.5 Å². The Balaban J connectivity index is 2.08. The third-order valence-electron chi connectivity index (χ3n) is 5.02. The molecule has 0 unspecified atom stereocenters. The summed E-state index contributed by atoms with van der Waals surface area (Å²) in [6, 6.07) is 14.6. The van der Waals surface area contributed by atoms with Crippen LogP contribution in [0, 0.1) is 6.92 Å². The summed E-state index contributed by atoms with van der Waals surface area (Å²) < 4.78 is 23.8. The van der Waals surface area contributed by atoms with Crippen LogP contribution in [-0.4, -0.2) is 61.7 Å². The topological polar surface area (TPSA) is 75.0 Å². The number of nitrogens with zero attached hydrogens (tertiary/aromatic N) is 3. The highest BCUT2D eigenvalue weighted by molar-refractivity contribution is 6.30. The molecule has 0 bridgehead atoms. The van der Waals surface area contributed by atoms with Gasteiger partial charge in [-0.25, -0.2) is 4.68 Å². The second kappa shape index (κ2) is 11.7. The summed E-state index contributed by atoms with van der Waals surface area (Å²) >= 11 is 6.08. The van der Waals surface area contributed by atoms with Gasteiger partial charge in [0.25, 0.3) is 0 Å². The first-order chi connectivity index (χ1) is 16.0. The van der Waals surface area contributed by atoms with Crippen LogP contribution in [-0.2, 0) is 20.8 Å². The van der Waals surface area contributed by atoms with Crippen LogP contribution in [0.4, 0.5) is 0 Å². The minimum absolute atomic E-state index is 0.0310. The molecule has 0 fully saturated rings. The lowest BCUT2D eigenvalue weighted by molar-refractivity contribution is -0.136. The Kier molecular flexibility index (Phi) is 8.71. The standard InChI is InChI=1S/C24H28ClN3O5/c1-17-20(15-27(13-14-30-2)23(29)16-31-3)24(33-22-8-6-5-7-21(22)32-4)28(26-17)19-11-9-18(25)10-12-19/h5-12H,13-16H2,1-4H3. The quantitative estimate of drug-likeness (QED) is 0.414. The van der Waals surface area contributed by atoms with Crippen molar-refractivity contribution < 1.29 is 23.7 Å². The third-order valence-corrected chi connectivity index (χ3v) is 5.27. The van der Waals surface area contributed by atoms with Crippen molar-refractivity contribution in [2.45, 2.75) is 13.5 Å². The van der Waals surface area contributed by atoms with Gasteiger partial charge in [0.2, 0.25) is 11.8 Å². The summed E-state index contributed by atoms with van der Waals surface area (Å²) in [7, 11) is 4.67. The maximum atomic E-state index is 12.7. The first-order valence-electron chi connectivity index (χ1n) is 10.4. The molecular weight excluding hydrogens is 446 g/mol. The average molecular weight is 474 g/mol. The molecular formula is C24H28ClN3O5. The van der Waals surface area contributed by atoms with E-state index in [1.807, 2.05) is 43.3 Å². The highest BCUT2D eigenvalue weighted by atomic mass is 35.5. The van der Waals surface area contributed by atoms with Gasteiger partial charge >= 0.3 is 0 Å². The van der Waals surface area contributed by atoms with Crippen LogP contribution in [0.2, 0.25) is 5.02 Å². The first kappa shape index (κ1) is 24.6. The SMILES string of the molecule is COCCN(Cc1c(C)nn(-c2ccc(Cl)cc2)c1Oc1ccccc1OC)C(=O)COC. The fourth-order valence-electron chi connectivity index (χ4n) is 3.29. The van der Waals surface area contributed by atoms with Gasteiger partial charge in [-0.2, -0.15) is 5.10 Å². The van der Waals surface area contributed by atoms with E-state index >= 15 is 0 Å². The number of para-hydroxylation sites is 2. The number of aryl methyl sites for hydroxylation is 1. The van der Waals surface area contributed by atoms with Crippen LogP contribution < -0.4 is 9.47 Å². The van der Waals surface area contributed by atoms with E-state index in [1.54, 1.807) is 35.9 Å². The Labute approximate surface area is 198 Å². The summed E-state index contributed by atoms with van der Waals surface area (Å²) in [5.74, 6) is 1.43. The molecule has 9 heteroatoms. The summed E-state index contributed by atoms with van der Waals surface area (Å²) in [6.45, 7) is 2.92. The molecule has 3 aromatic rings. The van der Waals surface area contributed by atoms with E-state index in [-0.39, 0.29) is 19.1 Å². The maximum absolute atomic E-state index is 12.7. The molecule has 0 aliphatic rings. The molecule has 0 spiro atoms. The van der Waals surface area contributed by atoms with E-state index in [0.29, 0.717) is 35.6 Å². The number of hydrogen-bond acceptors (Lipinski definition) is 6. The molecule has 0 radical (unpaired) electrons. The molecule has 1 aromatic heterocycles. The highest BCUT2D eigenvalue weighted by Crippen LogP contribution is 2.36. The van der Waals surface area contributed by atoms with Crippen molar-refractivity contribution in [1.29, 1.82) is 0 Å². The Bertz CT molecular complexity index is 1070. The third kappa shape index (κ3) is 6.04. The number of carbonyl (C=O) groups is 1. The lowest BCUT2D eigenvalue weighted by Gasteiger charge is -2.23. The van der Waals surface area contributed by atoms with Crippen molar-refractivity contribution in [3.63, 3.8) is 0 Å². The summed E-state index contributed by atoms with van der Waals surface area (Å²) in [5, 5.41) is 5.32. The first-order valence-corrected chi connectivity index (χ1v) is 10.8. The van der Waals surface area contributed by atoms with Crippen LogP contribution in [0.1, 0.15) is 11.3 Å². The van der Waals surface area contributed by atoms with Gasteiger partial charge in [0, 0.05) is 25.8 Å². The minimum Gasteiger partial charge on any atom is -0.493 e. The van der Waals surface area contributed by atoms with Crippen molar-refractivity contribution in [2.75, 3.05) is 41.1 Å². The molecule has 3 rings (SSSR count). The molecule has 0 aliphatic carbocycles. The molecule has 0 N–H and O–H groups in total. The van der Waals surface area contributed by atoms with Gasteiger partial charge in [-0.1, -0.05) is 23.7 Å². The van der Waals surface area contributed by atoms with Gasteiger partial charge in [-0.3, -0.25) is 4.79 Å². The van der Waals surface area contributed by atoms with Crippen molar-refractivity contribution in [3.8, 4) is 23.1 Å². The fraction of sp³-hybridized carbons (Fsp3) is 0.333. The Hall–Kier alpha value is -3.07. The summed E-state index contributed by atoms with van der Waals surface area (Å²) in [5.41, 5.74) is 2.25. The normalized spacial score (nSPS) is 10.8. The van der Waals surface area contributed by atoms with Gasteiger partial charge in [-0.05, 0) is 43.3 Å². The zero-order valence-electron chi connectivity index (χ0n) is 19.2. The van der Waals surface area contributed by atoms with Crippen molar-refractivity contribution in [1.82, 2.24) is 14.7 Å². The van der Waals surface area contributed by atoms with E-state index in [1.165, 1.54) is 7.11 Å². The lowest BCUT2D eigenvalue weighted by Crippen LogP contribution is -2.36. The van der Waals surface area contributed by atoms with Gasteiger partial charge in [0.05, 0.1) is 37.2 Å². The molecule has 8 nitrogen and oxygen atoms in total. The second-order valence-electron chi connectivity index (χ2n) is 7.25. The smallest absolute Gasteiger partial charge is 0.248 e. The number of benzene rings is 2. The van der Waals surface area contributed by atoms with Crippen LogP contribution in [0.5, 0.6) is 17.4 Å². The number of ether oxygens (including phenoxy) is 4. The number of aromatic nitrogens is 2. The second-order valence-corrected chi connectivity index (χ2v) is 7.69. The van der Waals surface area contributed by atoms with Gasteiger partial charge in [0.1, 0.15) is 6.61 Å². The number of methoxy groups -OCH3 is 3. The van der Waals surface area contributed by atoms with Gasteiger partial charge in [0.15, 0.2) is 11.5 Å². The van der Waals surface area contributed by atoms with Gasteiger partial charge < -0.3 is 23.8 Å². The Morgan fingerprint density at radius 2 is 1.73 bits per heavy atom. The fourth-order valence-corrected chi connectivity index (χ4v) is 3.41. The highest BCUT2D eigenvalue weighted by Gasteiger charge is 2.24. The number of rotatable bonds is 11. The van der Waals surface area contributed by atoms with Crippen molar-refractivity contribution in [2.24, 2.45) is 0 Å². The van der Waals surface area contributed by atoms with E-state index in [9.17, 15) is 4.79 Å². The van der Waals surface area contributed by atoms with E-state index in [4.69, 9.17) is 35.6 Å². The zero-order chi connectivity index (χ0) is 23.8. The molecule has 0 saturated heterocycles. The molecule has 1 heterocycles. The predicted octanol–water partition coefficient (Wildman–Crippen LogP) is 4.26. The molecule has 2 aromatic carbocycles. The largest absolute Gasteiger partial charge is 0.493 e. The number of halogens is 1.